The third kappa shape index (κ3) is 4.22. The van der Waals surface area contributed by atoms with Crippen molar-refractivity contribution in [1.29, 1.82) is 0 Å². The first-order valence-electron chi connectivity index (χ1n) is 6.84. The van der Waals surface area contributed by atoms with Crippen LogP contribution in [0.1, 0.15) is 10.4 Å². The van der Waals surface area contributed by atoms with Crippen LogP contribution in [-0.4, -0.2) is 36.3 Å². The molecule has 0 atom stereocenters. The summed E-state index contributed by atoms with van der Waals surface area (Å²) in [6.45, 7) is 0. The fourth-order valence-electron chi connectivity index (χ4n) is 1.95. The zero-order valence-electron chi connectivity index (χ0n) is 13.5. The van der Waals surface area contributed by atoms with Crippen LogP contribution in [0, 0.1) is 0 Å². The Balaban J connectivity index is 2.64. The Morgan fingerprint density at radius 1 is 0.846 bits per heavy atom. The summed E-state index contributed by atoms with van der Waals surface area (Å²) in [6, 6.07) is 8.85. The van der Waals surface area contributed by atoms with Gasteiger partial charge in [0.1, 0.15) is 21.3 Å². The van der Waals surface area contributed by atoms with Crippen LogP contribution in [-0.2, 0) is 28.6 Å². The minimum Gasteiger partial charge on any atom is -0.454 e. The number of rotatable bonds is 7. The maximum atomic E-state index is 12.1. The van der Waals surface area contributed by atoms with Gasteiger partial charge >= 0.3 is 0 Å². The van der Waals surface area contributed by atoms with Crippen molar-refractivity contribution in [2.24, 2.45) is 0 Å². The van der Waals surface area contributed by atoms with Gasteiger partial charge in [-0.15, -0.1) is 0 Å². The largest absolute Gasteiger partial charge is 0.454 e. The van der Waals surface area contributed by atoms with Gasteiger partial charge in [-0.25, -0.2) is 0 Å². The maximum absolute atomic E-state index is 12.1. The van der Waals surface area contributed by atoms with Crippen molar-refractivity contribution in [3.8, 4) is 11.5 Å². The molecule has 0 unspecified atom stereocenters. The van der Waals surface area contributed by atoms with Gasteiger partial charge in [-0.05, 0) is 41.9 Å². The van der Waals surface area contributed by atoms with Crippen molar-refractivity contribution in [3.63, 3.8) is 0 Å². The fourth-order valence-corrected chi connectivity index (χ4v) is 3.65. The number of para-hydroxylation sites is 1. The Morgan fingerprint density at radius 2 is 1.38 bits per heavy atom. The summed E-state index contributed by atoms with van der Waals surface area (Å²) in [7, 11) is -6.47. The van der Waals surface area contributed by atoms with E-state index in [9.17, 15) is 21.6 Å². The van der Waals surface area contributed by atoms with Crippen molar-refractivity contribution >= 4 is 37.1 Å². The molecule has 0 aliphatic heterocycles. The van der Waals surface area contributed by atoms with E-state index in [4.69, 9.17) is 16.3 Å². The van der Waals surface area contributed by atoms with E-state index in [1.54, 1.807) is 0 Å². The van der Waals surface area contributed by atoms with Crippen LogP contribution in [0.15, 0.2) is 52.3 Å². The summed E-state index contributed by atoms with van der Waals surface area (Å²) >= 11 is 5.37. The first-order valence-corrected chi connectivity index (χ1v) is 10.0. The molecule has 2 aromatic rings. The lowest BCUT2D eigenvalue weighted by Gasteiger charge is -2.14. The van der Waals surface area contributed by atoms with Gasteiger partial charge < -0.3 is 4.74 Å². The van der Waals surface area contributed by atoms with Gasteiger partial charge in [0.2, 0.25) is 0 Å². The molecule has 0 bridgehead atoms. The number of carbonyl (C=O) groups is 1. The molecule has 0 spiro atoms. The first kappa shape index (κ1) is 20.3. The van der Waals surface area contributed by atoms with Crippen LogP contribution < -0.4 is 4.74 Å². The molecule has 0 fully saturated rings. The molecule has 0 saturated carbocycles. The number of hydrogen-bond donors (Lipinski definition) is 0. The molecule has 0 radical (unpaired) electrons. The van der Waals surface area contributed by atoms with Crippen LogP contribution in [0.25, 0.3) is 0 Å². The molecule has 2 aromatic carbocycles. The van der Waals surface area contributed by atoms with Gasteiger partial charge in [0, 0.05) is 5.56 Å². The number of hydrogen-bond acceptors (Lipinski definition) is 8. The Labute approximate surface area is 155 Å². The monoisotopic (exact) mass is 420 g/mol. The van der Waals surface area contributed by atoms with Crippen molar-refractivity contribution in [2.45, 2.75) is 9.79 Å². The quantitative estimate of drug-likeness (QED) is 0.496. The van der Waals surface area contributed by atoms with Gasteiger partial charge in [-0.2, -0.15) is 16.8 Å². The van der Waals surface area contributed by atoms with Crippen LogP contribution in [0.3, 0.4) is 0 Å². The number of carbonyl (C=O) groups excluding carboxylic acids is 1. The number of ether oxygens (including phenoxy) is 1. The average molecular weight is 421 g/mol. The average Bonchev–Trinajstić information content (AvgIpc) is 2.62. The van der Waals surface area contributed by atoms with Gasteiger partial charge in [0.15, 0.2) is 0 Å². The summed E-state index contributed by atoms with van der Waals surface area (Å²) in [5.41, 5.74) is -0.104. The topological polar surface area (TPSA) is 113 Å². The second-order valence-corrected chi connectivity index (χ2v) is 8.43. The molecule has 0 aromatic heterocycles. The van der Waals surface area contributed by atoms with Crippen LogP contribution in [0.5, 0.6) is 11.5 Å². The standard InChI is InChI=1S/C15H13ClO8S2/c1-22-25(18,19)13-6-4-3-5-11(13)24-12-8-7-10(15(16)17)9-14(12)26(20,21)23-2/h3-9H,1-2H3. The van der Waals surface area contributed by atoms with Gasteiger partial charge in [0.05, 0.1) is 14.2 Å². The smallest absolute Gasteiger partial charge is 0.300 e. The summed E-state index contributed by atoms with van der Waals surface area (Å²) in [6.07, 6.45) is 0. The van der Waals surface area contributed by atoms with Crippen LogP contribution >= 0.6 is 11.6 Å². The van der Waals surface area contributed by atoms with E-state index in [2.05, 4.69) is 8.37 Å². The molecule has 26 heavy (non-hydrogen) atoms. The lowest BCUT2D eigenvalue weighted by Crippen LogP contribution is -2.08. The highest BCUT2D eigenvalue weighted by molar-refractivity contribution is 7.87. The molecule has 11 heteroatoms. The predicted molar refractivity (Wildman–Crippen MR) is 91.5 cm³/mol. The van der Waals surface area contributed by atoms with E-state index in [1.165, 1.54) is 30.3 Å². The fraction of sp³-hybridized carbons (Fsp3) is 0.133. The second kappa shape index (κ2) is 7.72. The normalized spacial score (nSPS) is 12.0. The molecule has 2 rings (SSSR count). The van der Waals surface area contributed by atoms with E-state index in [0.29, 0.717) is 0 Å². The number of halogens is 1. The highest BCUT2D eigenvalue weighted by Crippen LogP contribution is 2.34. The molecule has 140 valence electrons. The highest BCUT2D eigenvalue weighted by Gasteiger charge is 2.25. The molecule has 0 heterocycles. The molecular formula is C15H13ClO8S2. The Bertz CT molecular complexity index is 1050. The third-order valence-electron chi connectivity index (χ3n) is 3.22. The SMILES string of the molecule is COS(=O)(=O)c1ccccc1Oc1ccc(C(=O)Cl)cc1S(=O)(=O)OC. The van der Waals surface area contributed by atoms with E-state index >= 15 is 0 Å². The van der Waals surface area contributed by atoms with Crippen molar-refractivity contribution in [3.05, 3.63) is 48.0 Å². The first-order chi connectivity index (χ1) is 12.1. The minimum absolute atomic E-state index is 0.104. The molecule has 0 aliphatic rings. The van der Waals surface area contributed by atoms with Crippen LogP contribution in [0.4, 0.5) is 0 Å². The molecule has 8 nitrogen and oxygen atoms in total. The molecule has 0 aliphatic carbocycles. The zero-order chi connectivity index (χ0) is 19.5. The summed E-state index contributed by atoms with van der Waals surface area (Å²) < 4.78 is 62.6. The van der Waals surface area contributed by atoms with E-state index in [-0.39, 0.29) is 22.0 Å². The lowest BCUT2D eigenvalue weighted by molar-refractivity contribution is 0.108. The van der Waals surface area contributed by atoms with E-state index in [1.807, 2.05) is 0 Å². The van der Waals surface area contributed by atoms with Crippen LogP contribution in [0.2, 0.25) is 0 Å². The minimum atomic E-state index is -4.28. The van der Waals surface area contributed by atoms with E-state index in [0.717, 1.165) is 26.4 Å². The van der Waals surface area contributed by atoms with Gasteiger partial charge in [-0.3, -0.25) is 13.2 Å². The predicted octanol–water partition coefficient (Wildman–Crippen LogP) is 2.53. The number of benzene rings is 2. The molecule has 0 saturated heterocycles. The third-order valence-corrected chi connectivity index (χ3v) is 6.05. The van der Waals surface area contributed by atoms with E-state index < -0.39 is 30.4 Å². The summed E-state index contributed by atoms with van der Waals surface area (Å²) in [5, 5.41) is -0.883. The Morgan fingerprint density at radius 3 is 1.96 bits per heavy atom. The maximum Gasteiger partial charge on any atom is 0.300 e. The van der Waals surface area contributed by atoms with Gasteiger partial charge in [-0.1, -0.05) is 12.1 Å². The van der Waals surface area contributed by atoms with Crippen molar-refractivity contribution < 1.29 is 34.7 Å². The Kier molecular flexibility index (Phi) is 6.04. The Hall–Kier alpha value is -1.98. The molecule has 0 N–H and O–H groups in total. The van der Waals surface area contributed by atoms with Gasteiger partial charge in [0.25, 0.3) is 25.5 Å². The zero-order valence-corrected chi connectivity index (χ0v) is 15.9. The summed E-state index contributed by atoms with van der Waals surface area (Å²) in [4.78, 5) is 10.5. The van der Waals surface area contributed by atoms with Crippen molar-refractivity contribution in [2.75, 3.05) is 14.2 Å². The molecule has 0 amide bonds. The van der Waals surface area contributed by atoms with Crippen molar-refractivity contribution in [1.82, 2.24) is 0 Å². The molecular weight excluding hydrogens is 408 g/mol. The highest BCUT2D eigenvalue weighted by atomic mass is 35.5. The summed E-state index contributed by atoms with van der Waals surface area (Å²) in [5.74, 6) is -0.431. The lowest BCUT2D eigenvalue weighted by atomic mass is 10.2. The second-order valence-electron chi connectivity index (χ2n) is 4.73.